The molecular weight excluding hydrogens is 853 g/mol. The summed E-state index contributed by atoms with van der Waals surface area (Å²) in [5.41, 5.74) is 0. The maximum atomic E-state index is 12.8. The minimum absolute atomic E-state index is 0.0633. The fourth-order valence-electron chi connectivity index (χ4n) is 9.67. The second-order valence-electron chi connectivity index (χ2n) is 22.9. The Kier molecular flexibility index (Phi) is 52.9. The Labute approximate surface area is 431 Å². The van der Waals surface area contributed by atoms with Gasteiger partial charge in [-0.25, -0.2) is 0 Å². The minimum atomic E-state index is -0.764. The van der Waals surface area contributed by atoms with E-state index in [1.54, 1.807) is 0 Å². The van der Waals surface area contributed by atoms with Gasteiger partial charge in [0.15, 0.2) is 6.10 Å². The summed E-state index contributed by atoms with van der Waals surface area (Å²) in [6, 6.07) is 0. The van der Waals surface area contributed by atoms with E-state index in [0.29, 0.717) is 19.3 Å². The van der Waals surface area contributed by atoms with Crippen LogP contribution < -0.4 is 0 Å². The first-order valence-corrected chi connectivity index (χ1v) is 31.1. The summed E-state index contributed by atoms with van der Waals surface area (Å²) < 4.78 is 16.9. The Hall–Kier alpha value is -1.59. The Morgan fingerprint density at radius 1 is 0.290 bits per heavy atom. The number of rotatable bonds is 56. The second kappa shape index (κ2) is 54.2. The first-order valence-electron chi connectivity index (χ1n) is 31.1. The zero-order valence-corrected chi connectivity index (χ0v) is 47.6. The maximum Gasteiger partial charge on any atom is 0.306 e. The summed E-state index contributed by atoms with van der Waals surface area (Å²) in [4.78, 5) is 38.2. The fourth-order valence-corrected chi connectivity index (χ4v) is 9.67. The van der Waals surface area contributed by atoms with Crippen molar-refractivity contribution in [3.63, 3.8) is 0 Å². The van der Waals surface area contributed by atoms with Crippen LogP contribution in [-0.4, -0.2) is 37.2 Å². The lowest BCUT2D eigenvalue weighted by atomic mass is 9.99. The molecule has 1 unspecified atom stereocenters. The number of esters is 3. The molecule has 0 aliphatic carbocycles. The molecule has 0 aliphatic rings. The van der Waals surface area contributed by atoms with E-state index in [1.807, 2.05) is 0 Å². The van der Waals surface area contributed by atoms with Gasteiger partial charge in [-0.15, -0.1) is 0 Å². The highest BCUT2D eigenvalue weighted by Gasteiger charge is 2.19. The van der Waals surface area contributed by atoms with Crippen molar-refractivity contribution in [1.29, 1.82) is 0 Å². The highest BCUT2D eigenvalue weighted by atomic mass is 16.6. The van der Waals surface area contributed by atoms with Crippen LogP contribution in [0.4, 0.5) is 0 Å². The molecule has 0 aromatic rings. The molecule has 0 amide bonds. The number of ether oxygens (including phenoxy) is 3. The Balaban J connectivity index is 4.22. The summed E-state index contributed by atoms with van der Waals surface area (Å²) in [7, 11) is 0. The summed E-state index contributed by atoms with van der Waals surface area (Å²) in [6.45, 7) is 13.8. The van der Waals surface area contributed by atoms with Crippen LogP contribution in [0.5, 0.6) is 0 Å². The number of unbranched alkanes of at least 4 members (excludes halogenated alkanes) is 38. The SMILES string of the molecule is CCC(C)CCCCCCCCCCCCCCCCCCCCC(=O)OC[C@@H](COC(=O)CCCCCCCCCCCCCCCCC(C)C)OC(=O)CCCCCCCCCCCC(C)C. The van der Waals surface area contributed by atoms with Gasteiger partial charge in [-0.1, -0.05) is 311 Å². The summed E-state index contributed by atoms with van der Waals surface area (Å²) in [5, 5.41) is 0. The average molecular weight is 976 g/mol. The van der Waals surface area contributed by atoms with Crippen molar-refractivity contribution < 1.29 is 28.6 Å². The molecule has 6 nitrogen and oxygen atoms in total. The van der Waals surface area contributed by atoms with Gasteiger partial charge in [0, 0.05) is 19.3 Å². The standard InChI is InChI=1S/C63H122O6/c1-7-59(6)51-45-39-33-27-21-17-12-10-8-9-11-13-18-22-28-34-40-46-52-61(64)67-55-60(69-63(66)54-48-42-36-30-24-26-32-38-44-50-58(4)5)56-68-62(65)53-47-41-35-29-23-19-15-14-16-20-25-31-37-43-49-57(2)3/h57-60H,7-56H2,1-6H3/t59?,60-/m0/s1. The monoisotopic (exact) mass is 975 g/mol. The van der Waals surface area contributed by atoms with Gasteiger partial charge >= 0.3 is 17.9 Å². The van der Waals surface area contributed by atoms with E-state index < -0.39 is 6.10 Å². The molecule has 6 heteroatoms. The van der Waals surface area contributed by atoms with Crippen LogP contribution in [0.25, 0.3) is 0 Å². The minimum Gasteiger partial charge on any atom is -0.462 e. The van der Waals surface area contributed by atoms with Crippen LogP contribution in [0.1, 0.15) is 350 Å². The highest BCUT2D eigenvalue weighted by molar-refractivity contribution is 5.71. The molecule has 410 valence electrons. The summed E-state index contributed by atoms with van der Waals surface area (Å²) >= 11 is 0. The Morgan fingerprint density at radius 2 is 0.507 bits per heavy atom. The third kappa shape index (κ3) is 55.6. The van der Waals surface area contributed by atoms with Crippen molar-refractivity contribution >= 4 is 17.9 Å². The molecule has 69 heavy (non-hydrogen) atoms. The van der Waals surface area contributed by atoms with Gasteiger partial charge in [0.1, 0.15) is 13.2 Å². The highest BCUT2D eigenvalue weighted by Crippen LogP contribution is 2.19. The summed E-state index contributed by atoms with van der Waals surface area (Å²) in [5.74, 6) is 1.72. The van der Waals surface area contributed by atoms with Crippen LogP contribution in [0.3, 0.4) is 0 Å². The molecule has 0 spiro atoms. The van der Waals surface area contributed by atoms with Crippen LogP contribution in [0, 0.1) is 17.8 Å². The molecular formula is C63H122O6. The lowest BCUT2D eigenvalue weighted by Crippen LogP contribution is -2.30. The second-order valence-corrected chi connectivity index (χ2v) is 22.9. The van der Waals surface area contributed by atoms with E-state index in [4.69, 9.17) is 14.2 Å². The summed E-state index contributed by atoms with van der Waals surface area (Å²) in [6.07, 6.45) is 58.2. The van der Waals surface area contributed by atoms with Gasteiger partial charge in [0.2, 0.25) is 0 Å². The molecule has 0 saturated carbocycles. The topological polar surface area (TPSA) is 78.9 Å². The van der Waals surface area contributed by atoms with Gasteiger partial charge < -0.3 is 14.2 Å². The predicted octanol–water partition coefficient (Wildman–Crippen LogP) is 20.7. The van der Waals surface area contributed by atoms with E-state index in [9.17, 15) is 14.4 Å². The number of hydrogen-bond acceptors (Lipinski definition) is 6. The lowest BCUT2D eigenvalue weighted by Gasteiger charge is -2.18. The lowest BCUT2D eigenvalue weighted by molar-refractivity contribution is -0.167. The molecule has 0 aromatic heterocycles. The van der Waals surface area contributed by atoms with Crippen molar-refractivity contribution in [3.8, 4) is 0 Å². The number of hydrogen-bond donors (Lipinski definition) is 0. The van der Waals surface area contributed by atoms with E-state index in [1.165, 1.54) is 231 Å². The van der Waals surface area contributed by atoms with Gasteiger partial charge in [-0.2, -0.15) is 0 Å². The van der Waals surface area contributed by atoms with Crippen molar-refractivity contribution in [3.05, 3.63) is 0 Å². The third-order valence-electron chi connectivity index (χ3n) is 14.8. The molecule has 0 bridgehead atoms. The quantitative estimate of drug-likeness (QED) is 0.0343. The Morgan fingerprint density at radius 3 is 0.754 bits per heavy atom. The maximum absolute atomic E-state index is 12.8. The van der Waals surface area contributed by atoms with Crippen molar-refractivity contribution in [2.45, 2.75) is 356 Å². The zero-order chi connectivity index (χ0) is 50.5. The molecule has 0 fully saturated rings. The van der Waals surface area contributed by atoms with Crippen LogP contribution in [0.15, 0.2) is 0 Å². The zero-order valence-electron chi connectivity index (χ0n) is 47.6. The van der Waals surface area contributed by atoms with Gasteiger partial charge in [0.05, 0.1) is 0 Å². The predicted molar refractivity (Wildman–Crippen MR) is 298 cm³/mol. The smallest absolute Gasteiger partial charge is 0.306 e. The van der Waals surface area contributed by atoms with Gasteiger partial charge in [-0.05, 0) is 37.0 Å². The normalized spacial score (nSPS) is 12.5. The molecule has 0 saturated heterocycles. The molecule has 0 aliphatic heterocycles. The first-order chi connectivity index (χ1) is 33.6. The fraction of sp³-hybridized carbons (Fsp3) is 0.952. The molecule has 0 heterocycles. The van der Waals surface area contributed by atoms with Gasteiger partial charge in [-0.3, -0.25) is 14.4 Å². The first kappa shape index (κ1) is 67.4. The van der Waals surface area contributed by atoms with Crippen LogP contribution in [0.2, 0.25) is 0 Å². The molecule has 0 rings (SSSR count). The van der Waals surface area contributed by atoms with Crippen LogP contribution in [-0.2, 0) is 28.6 Å². The average Bonchev–Trinajstić information content (AvgIpc) is 3.32. The van der Waals surface area contributed by atoms with Crippen LogP contribution >= 0.6 is 0 Å². The van der Waals surface area contributed by atoms with E-state index in [-0.39, 0.29) is 31.1 Å². The number of carbonyl (C=O) groups excluding carboxylic acids is 3. The van der Waals surface area contributed by atoms with Crippen molar-refractivity contribution in [2.75, 3.05) is 13.2 Å². The largest absolute Gasteiger partial charge is 0.462 e. The molecule has 0 radical (unpaired) electrons. The van der Waals surface area contributed by atoms with E-state index >= 15 is 0 Å². The molecule has 0 N–H and O–H groups in total. The van der Waals surface area contributed by atoms with Gasteiger partial charge in [0.25, 0.3) is 0 Å². The third-order valence-corrected chi connectivity index (χ3v) is 14.8. The number of carbonyl (C=O) groups is 3. The van der Waals surface area contributed by atoms with E-state index in [2.05, 4.69) is 41.5 Å². The van der Waals surface area contributed by atoms with Crippen molar-refractivity contribution in [1.82, 2.24) is 0 Å². The molecule has 2 atom stereocenters. The van der Waals surface area contributed by atoms with E-state index in [0.717, 1.165) is 75.5 Å². The molecule has 0 aromatic carbocycles. The Bertz CT molecular complexity index is 1070. The van der Waals surface area contributed by atoms with Crippen molar-refractivity contribution in [2.24, 2.45) is 17.8 Å².